The van der Waals surface area contributed by atoms with Gasteiger partial charge in [0.1, 0.15) is 34.7 Å². The van der Waals surface area contributed by atoms with E-state index in [9.17, 15) is 9.59 Å². The highest BCUT2D eigenvalue weighted by Gasteiger charge is 2.31. The van der Waals surface area contributed by atoms with Gasteiger partial charge in [0.05, 0.1) is 19.1 Å². The van der Waals surface area contributed by atoms with Gasteiger partial charge in [-0.2, -0.15) is 0 Å². The van der Waals surface area contributed by atoms with Gasteiger partial charge in [-0.3, -0.25) is 19.5 Å². The first-order valence-corrected chi connectivity index (χ1v) is 11.4. The van der Waals surface area contributed by atoms with E-state index in [0.717, 1.165) is 5.56 Å². The first-order valence-electron chi connectivity index (χ1n) is 11.4. The van der Waals surface area contributed by atoms with Gasteiger partial charge in [-0.05, 0) is 48.6 Å². The average Bonchev–Trinajstić information content (AvgIpc) is 2.96. The Hall–Kier alpha value is -4.22. The van der Waals surface area contributed by atoms with Crippen molar-refractivity contribution >= 4 is 17.6 Å². The van der Waals surface area contributed by atoms with E-state index in [1.165, 1.54) is 11.1 Å². The van der Waals surface area contributed by atoms with Gasteiger partial charge in [-0.15, -0.1) is 0 Å². The second kappa shape index (κ2) is 9.95. The minimum Gasteiger partial charge on any atom is -0.457 e. The van der Waals surface area contributed by atoms with Gasteiger partial charge in [0.15, 0.2) is 0 Å². The van der Waals surface area contributed by atoms with Crippen molar-refractivity contribution in [3.63, 3.8) is 0 Å². The van der Waals surface area contributed by atoms with E-state index in [4.69, 9.17) is 9.47 Å². The van der Waals surface area contributed by atoms with E-state index in [1.54, 1.807) is 19.2 Å². The number of nitrogens with zero attached hydrogens (tertiary/aromatic N) is 3. The van der Waals surface area contributed by atoms with Gasteiger partial charge >= 0.3 is 0 Å². The maximum atomic E-state index is 13.2. The number of carbonyl (C=O) groups excluding carboxylic acids is 2. The summed E-state index contributed by atoms with van der Waals surface area (Å²) in [5.74, 6) is 7.48. The number of amides is 2. The van der Waals surface area contributed by atoms with Gasteiger partial charge in [0, 0.05) is 19.3 Å². The fourth-order valence-electron chi connectivity index (χ4n) is 3.88. The van der Waals surface area contributed by atoms with Crippen molar-refractivity contribution in [1.29, 1.82) is 0 Å². The predicted molar refractivity (Wildman–Crippen MR) is 129 cm³/mol. The number of benzene rings is 1. The third-order valence-electron chi connectivity index (χ3n) is 5.90. The summed E-state index contributed by atoms with van der Waals surface area (Å²) in [6.07, 6.45) is 2.55. The van der Waals surface area contributed by atoms with E-state index in [2.05, 4.69) is 27.1 Å². The molecule has 3 aromatic rings. The number of nitrogens with one attached hydrogen (secondary N) is 1. The second-order valence-electron chi connectivity index (χ2n) is 8.44. The summed E-state index contributed by atoms with van der Waals surface area (Å²) in [6, 6.07) is 15.6. The number of ether oxygens (including phenoxy) is 2. The van der Waals surface area contributed by atoms with E-state index >= 15 is 0 Å². The van der Waals surface area contributed by atoms with Crippen LogP contribution in [0.2, 0.25) is 0 Å². The van der Waals surface area contributed by atoms with Crippen LogP contribution in [0.5, 0.6) is 11.5 Å². The zero-order valence-electron chi connectivity index (χ0n) is 19.2. The van der Waals surface area contributed by atoms with Gasteiger partial charge < -0.3 is 14.8 Å². The number of aromatic nitrogens is 2. The van der Waals surface area contributed by atoms with Crippen LogP contribution >= 0.6 is 0 Å². The topological polar surface area (TPSA) is 93.7 Å². The van der Waals surface area contributed by atoms with E-state index in [-0.39, 0.29) is 17.5 Å². The van der Waals surface area contributed by atoms with Crippen molar-refractivity contribution in [3.8, 4) is 23.3 Å². The Labute approximate surface area is 203 Å². The molecule has 0 unspecified atom stereocenters. The molecule has 0 saturated carbocycles. The molecular formula is C27H24N4O4. The van der Waals surface area contributed by atoms with Crippen LogP contribution < -0.4 is 15.0 Å². The molecular weight excluding hydrogens is 444 g/mol. The fraction of sp³-hybridized carbons (Fsp3) is 0.259. The largest absolute Gasteiger partial charge is 0.457 e. The van der Waals surface area contributed by atoms with Crippen molar-refractivity contribution < 1.29 is 19.1 Å². The van der Waals surface area contributed by atoms with Gasteiger partial charge in [0.2, 0.25) is 5.91 Å². The fourth-order valence-corrected chi connectivity index (χ4v) is 3.88. The van der Waals surface area contributed by atoms with Crippen molar-refractivity contribution in [2.24, 2.45) is 5.92 Å². The summed E-state index contributed by atoms with van der Waals surface area (Å²) in [4.78, 5) is 36.4. The maximum absolute atomic E-state index is 13.2. The molecule has 0 spiro atoms. The third kappa shape index (κ3) is 5.15. The zero-order chi connectivity index (χ0) is 24.2. The monoisotopic (exact) mass is 468 g/mol. The summed E-state index contributed by atoms with van der Waals surface area (Å²) >= 11 is 0. The molecule has 1 atom stereocenters. The molecule has 1 N–H and O–H groups in total. The van der Waals surface area contributed by atoms with Crippen molar-refractivity contribution in [3.05, 3.63) is 77.7 Å². The van der Waals surface area contributed by atoms with E-state index in [1.807, 2.05) is 42.5 Å². The predicted octanol–water partition coefficient (Wildman–Crippen LogP) is 2.97. The summed E-state index contributed by atoms with van der Waals surface area (Å²) in [5.41, 5.74) is 1.72. The van der Waals surface area contributed by atoms with Crippen LogP contribution in [0.1, 0.15) is 28.2 Å². The van der Waals surface area contributed by atoms with E-state index < -0.39 is 11.9 Å². The minimum atomic E-state index is -0.705. The second-order valence-corrected chi connectivity index (χ2v) is 8.44. The molecule has 2 aliphatic rings. The Bertz CT molecular complexity index is 1310. The number of pyridine rings is 2. The average molecular weight is 469 g/mol. The molecule has 5 rings (SSSR count). The van der Waals surface area contributed by atoms with Crippen LogP contribution in [0.25, 0.3) is 0 Å². The normalized spacial score (nSPS) is 17.3. The molecule has 0 radical (unpaired) electrons. The lowest BCUT2D eigenvalue weighted by atomic mass is 10.1. The number of aryl methyl sites for hydroxylation is 1. The number of hydrogen-bond acceptors (Lipinski definition) is 6. The Morgan fingerprint density at radius 1 is 1.14 bits per heavy atom. The number of para-hydroxylation sites is 1. The third-order valence-corrected chi connectivity index (χ3v) is 5.90. The Kier molecular flexibility index (Phi) is 6.42. The molecule has 1 saturated heterocycles. The van der Waals surface area contributed by atoms with E-state index in [0.29, 0.717) is 49.1 Å². The van der Waals surface area contributed by atoms with Gasteiger partial charge in [-0.25, -0.2) is 4.98 Å². The van der Waals surface area contributed by atoms with Crippen LogP contribution in [0, 0.1) is 17.8 Å². The first-order chi connectivity index (χ1) is 17.1. The summed E-state index contributed by atoms with van der Waals surface area (Å²) in [6.45, 7) is 1.29. The number of rotatable bonds is 4. The quantitative estimate of drug-likeness (QED) is 0.592. The lowest BCUT2D eigenvalue weighted by Gasteiger charge is -2.21. The van der Waals surface area contributed by atoms with Crippen molar-refractivity contribution in [2.75, 3.05) is 25.2 Å². The SMILES string of the molecule is CN1C(=O)[C@@H](NC(=O)c2cc(Oc3ccccc3)ccn2)CCc2ccc(C#CC3COC3)nc21. The van der Waals surface area contributed by atoms with Crippen LogP contribution in [-0.2, 0) is 16.0 Å². The molecule has 2 aromatic heterocycles. The molecule has 8 nitrogen and oxygen atoms in total. The maximum Gasteiger partial charge on any atom is 0.270 e. The van der Waals surface area contributed by atoms with Gasteiger partial charge in [-0.1, -0.05) is 30.2 Å². The molecule has 2 aliphatic heterocycles. The Balaban J connectivity index is 1.28. The van der Waals surface area contributed by atoms with Crippen LogP contribution in [-0.4, -0.2) is 48.1 Å². The number of carbonyl (C=O) groups is 2. The Morgan fingerprint density at radius 2 is 1.97 bits per heavy atom. The summed E-state index contributed by atoms with van der Waals surface area (Å²) in [7, 11) is 1.67. The lowest BCUT2D eigenvalue weighted by Crippen LogP contribution is -2.47. The molecule has 0 bridgehead atoms. The minimum absolute atomic E-state index is 0.173. The zero-order valence-corrected chi connectivity index (χ0v) is 19.2. The highest BCUT2D eigenvalue weighted by Crippen LogP contribution is 2.25. The number of fused-ring (bicyclic) bond motifs is 1. The molecule has 1 aromatic carbocycles. The molecule has 1 fully saturated rings. The summed E-state index contributed by atoms with van der Waals surface area (Å²) in [5, 5.41) is 2.83. The van der Waals surface area contributed by atoms with Gasteiger partial charge in [0.25, 0.3) is 5.91 Å². The van der Waals surface area contributed by atoms with Crippen molar-refractivity contribution in [2.45, 2.75) is 18.9 Å². The van der Waals surface area contributed by atoms with Crippen LogP contribution in [0.4, 0.5) is 5.82 Å². The number of anilines is 1. The number of likely N-dealkylation sites (N-methyl/N-ethyl adjacent to an activating group) is 1. The molecule has 8 heteroatoms. The van der Waals surface area contributed by atoms with Crippen molar-refractivity contribution in [1.82, 2.24) is 15.3 Å². The number of hydrogen-bond donors (Lipinski definition) is 1. The lowest BCUT2D eigenvalue weighted by molar-refractivity contribution is -0.120. The highest BCUT2D eigenvalue weighted by atomic mass is 16.5. The molecule has 4 heterocycles. The molecule has 35 heavy (non-hydrogen) atoms. The summed E-state index contributed by atoms with van der Waals surface area (Å²) < 4.78 is 10.9. The smallest absolute Gasteiger partial charge is 0.270 e. The first kappa shape index (κ1) is 22.6. The van der Waals surface area contributed by atoms with Crippen LogP contribution in [0.3, 0.4) is 0 Å². The highest BCUT2D eigenvalue weighted by molar-refractivity contribution is 6.02. The Morgan fingerprint density at radius 3 is 2.74 bits per heavy atom. The van der Waals surface area contributed by atoms with Crippen LogP contribution in [0.15, 0.2) is 60.8 Å². The molecule has 2 amide bonds. The standard InChI is InChI=1S/C27H24N4O4/c1-31-25-19(8-11-20(29-25)10-7-18-16-34-17-18)9-12-23(27(31)33)30-26(32)24-15-22(13-14-28-24)35-21-5-3-2-4-6-21/h2-6,8,11,13-15,18,23H,9,12,16-17H2,1H3,(H,30,32)/t23-/m0/s1. The molecule has 0 aliphatic carbocycles. The molecule has 176 valence electrons.